The Hall–Kier alpha value is -2.76. The number of rotatable bonds is 2. The zero-order valence-electron chi connectivity index (χ0n) is 11.1. The summed E-state index contributed by atoms with van der Waals surface area (Å²) in [5.41, 5.74) is 4.06. The number of aromatic nitrogens is 4. The molecule has 0 aliphatic carbocycles. The first-order chi connectivity index (χ1) is 9.66. The Bertz CT molecular complexity index is 768. The monoisotopic (exact) mass is 267 g/mol. The Morgan fingerprint density at radius 1 is 1.20 bits per heavy atom. The van der Waals surface area contributed by atoms with E-state index in [0.717, 1.165) is 11.4 Å². The van der Waals surface area contributed by atoms with Crippen molar-refractivity contribution in [3.63, 3.8) is 0 Å². The van der Waals surface area contributed by atoms with Crippen molar-refractivity contribution in [1.29, 1.82) is 0 Å². The van der Waals surface area contributed by atoms with Crippen molar-refractivity contribution in [2.75, 3.05) is 5.32 Å². The van der Waals surface area contributed by atoms with Crippen LogP contribution in [0.3, 0.4) is 0 Å². The van der Waals surface area contributed by atoms with Gasteiger partial charge >= 0.3 is 0 Å². The van der Waals surface area contributed by atoms with Gasteiger partial charge in [-0.25, -0.2) is 0 Å². The summed E-state index contributed by atoms with van der Waals surface area (Å²) in [4.78, 5) is 20.8. The minimum absolute atomic E-state index is 0.219. The lowest BCUT2D eigenvalue weighted by Gasteiger charge is -2.07. The highest BCUT2D eigenvalue weighted by atomic mass is 16.1. The quantitative estimate of drug-likeness (QED) is 0.745. The van der Waals surface area contributed by atoms with Gasteiger partial charge in [0.25, 0.3) is 5.91 Å². The van der Waals surface area contributed by atoms with Crippen molar-refractivity contribution in [2.45, 2.75) is 13.8 Å². The smallest absolute Gasteiger partial charge is 0.258 e. The Kier molecular flexibility index (Phi) is 2.90. The number of carbonyl (C=O) groups excluding carboxylic acids is 1. The molecule has 0 unspecified atom stereocenters. The Morgan fingerprint density at radius 3 is 2.75 bits per heavy atom. The number of aryl methyl sites for hydroxylation is 2. The summed E-state index contributed by atoms with van der Waals surface area (Å²) in [6.07, 6.45) is 3.18. The lowest BCUT2D eigenvalue weighted by Crippen LogP contribution is -2.14. The first-order valence-electron chi connectivity index (χ1n) is 6.19. The fourth-order valence-electron chi connectivity index (χ4n) is 2.09. The second-order valence-electron chi connectivity index (χ2n) is 4.49. The molecule has 6 nitrogen and oxygen atoms in total. The molecule has 0 saturated heterocycles. The first-order valence-corrected chi connectivity index (χ1v) is 6.19. The molecule has 0 fully saturated rings. The van der Waals surface area contributed by atoms with E-state index >= 15 is 0 Å². The van der Waals surface area contributed by atoms with Crippen LogP contribution >= 0.6 is 0 Å². The first kappa shape index (κ1) is 12.3. The summed E-state index contributed by atoms with van der Waals surface area (Å²) in [6.45, 7) is 3.69. The normalized spacial score (nSPS) is 10.7. The fraction of sp³-hybridized carbons (Fsp3) is 0.143. The van der Waals surface area contributed by atoms with Gasteiger partial charge in [-0.3, -0.25) is 19.9 Å². The molecular weight excluding hydrogens is 254 g/mol. The van der Waals surface area contributed by atoms with Crippen molar-refractivity contribution in [2.24, 2.45) is 0 Å². The molecule has 0 bridgehead atoms. The van der Waals surface area contributed by atoms with Gasteiger partial charge in [0.05, 0.1) is 28.2 Å². The van der Waals surface area contributed by atoms with Crippen LogP contribution in [-0.4, -0.2) is 26.1 Å². The molecule has 1 aromatic carbocycles. The third kappa shape index (κ3) is 2.01. The minimum Gasteiger partial charge on any atom is -0.319 e. The molecule has 6 heteroatoms. The average molecular weight is 267 g/mol. The van der Waals surface area contributed by atoms with E-state index in [0.29, 0.717) is 22.3 Å². The zero-order valence-corrected chi connectivity index (χ0v) is 11.1. The van der Waals surface area contributed by atoms with Crippen molar-refractivity contribution in [1.82, 2.24) is 20.2 Å². The van der Waals surface area contributed by atoms with Gasteiger partial charge in [0, 0.05) is 12.4 Å². The Balaban J connectivity index is 2.01. The summed E-state index contributed by atoms with van der Waals surface area (Å²) >= 11 is 0. The van der Waals surface area contributed by atoms with Crippen LogP contribution in [0.1, 0.15) is 21.7 Å². The zero-order chi connectivity index (χ0) is 14.1. The number of anilines is 1. The molecule has 0 saturated carbocycles. The molecule has 0 atom stereocenters. The van der Waals surface area contributed by atoms with Crippen molar-refractivity contribution >= 4 is 22.6 Å². The minimum atomic E-state index is -0.219. The number of H-pyrrole nitrogens is 1. The lowest BCUT2D eigenvalue weighted by molar-refractivity contribution is 0.102. The van der Waals surface area contributed by atoms with E-state index < -0.39 is 0 Å². The number of amides is 1. The van der Waals surface area contributed by atoms with Crippen LogP contribution in [0.5, 0.6) is 0 Å². The number of fused-ring (bicyclic) bond motifs is 1. The van der Waals surface area contributed by atoms with Crippen LogP contribution in [0.4, 0.5) is 5.69 Å². The molecule has 2 N–H and O–H groups in total. The molecule has 100 valence electrons. The summed E-state index contributed by atoms with van der Waals surface area (Å²) in [5.74, 6) is -0.219. The SMILES string of the molecule is Cc1n[nH]c(C)c1NC(=O)c1cccc2nccnc12. The topological polar surface area (TPSA) is 83.6 Å². The molecule has 3 aromatic rings. The third-order valence-corrected chi connectivity index (χ3v) is 3.11. The molecule has 3 rings (SSSR count). The summed E-state index contributed by atoms with van der Waals surface area (Å²) in [5, 5.41) is 9.76. The second kappa shape index (κ2) is 4.73. The highest BCUT2D eigenvalue weighted by Gasteiger charge is 2.15. The Morgan fingerprint density at radius 2 is 2.00 bits per heavy atom. The van der Waals surface area contributed by atoms with Crippen molar-refractivity contribution in [3.05, 3.63) is 47.5 Å². The van der Waals surface area contributed by atoms with E-state index in [2.05, 4.69) is 25.5 Å². The third-order valence-electron chi connectivity index (χ3n) is 3.11. The van der Waals surface area contributed by atoms with Gasteiger partial charge in [0.1, 0.15) is 5.52 Å². The molecule has 0 aliphatic rings. The molecule has 1 amide bonds. The predicted octanol–water partition coefficient (Wildman–Crippen LogP) is 2.22. The molecule has 2 aromatic heterocycles. The molecule has 2 heterocycles. The Labute approximate surface area is 115 Å². The van der Waals surface area contributed by atoms with Crippen LogP contribution < -0.4 is 5.32 Å². The predicted molar refractivity (Wildman–Crippen MR) is 75.6 cm³/mol. The number of hydrogen-bond acceptors (Lipinski definition) is 4. The van der Waals surface area contributed by atoms with Gasteiger partial charge in [-0.1, -0.05) is 6.07 Å². The molecule has 20 heavy (non-hydrogen) atoms. The molecule has 0 aliphatic heterocycles. The summed E-state index contributed by atoms with van der Waals surface area (Å²) < 4.78 is 0. The van der Waals surface area contributed by atoms with E-state index in [1.807, 2.05) is 19.9 Å². The standard InChI is InChI=1S/C14H13N5O/c1-8-12(9(2)19-18-8)17-14(20)10-4-3-5-11-13(10)16-7-6-15-11/h3-7H,1-2H3,(H,17,20)(H,18,19). The lowest BCUT2D eigenvalue weighted by atomic mass is 10.1. The summed E-state index contributed by atoms with van der Waals surface area (Å²) in [7, 11) is 0. The van der Waals surface area contributed by atoms with E-state index in [9.17, 15) is 4.79 Å². The summed E-state index contributed by atoms with van der Waals surface area (Å²) in [6, 6.07) is 5.35. The van der Waals surface area contributed by atoms with Gasteiger partial charge in [-0.2, -0.15) is 5.10 Å². The van der Waals surface area contributed by atoms with Crippen LogP contribution in [0.15, 0.2) is 30.6 Å². The number of benzene rings is 1. The van der Waals surface area contributed by atoms with Crippen LogP contribution in [-0.2, 0) is 0 Å². The number of aromatic amines is 1. The molecule has 0 spiro atoms. The van der Waals surface area contributed by atoms with E-state index in [1.54, 1.807) is 24.5 Å². The van der Waals surface area contributed by atoms with Crippen LogP contribution in [0, 0.1) is 13.8 Å². The second-order valence-corrected chi connectivity index (χ2v) is 4.49. The van der Waals surface area contributed by atoms with E-state index in [-0.39, 0.29) is 5.91 Å². The number of para-hydroxylation sites is 1. The number of nitrogens with one attached hydrogen (secondary N) is 2. The van der Waals surface area contributed by atoms with Gasteiger partial charge < -0.3 is 5.32 Å². The number of hydrogen-bond donors (Lipinski definition) is 2. The van der Waals surface area contributed by atoms with Gasteiger partial charge in [-0.15, -0.1) is 0 Å². The van der Waals surface area contributed by atoms with Gasteiger partial charge in [0.2, 0.25) is 0 Å². The van der Waals surface area contributed by atoms with Crippen molar-refractivity contribution < 1.29 is 4.79 Å². The largest absolute Gasteiger partial charge is 0.319 e. The maximum absolute atomic E-state index is 12.4. The fourth-order valence-corrected chi connectivity index (χ4v) is 2.09. The molecular formula is C14H13N5O. The van der Waals surface area contributed by atoms with Crippen LogP contribution in [0.2, 0.25) is 0 Å². The van der Waals surface area contributed by atoms with Crippen molar-refractivity contribution in [3.8, 4) is 0 Å². The van der Waals surface area contributed by atoms with E-state index in [1.165, 1.54) is 0 Å². The maximum atomic E-state index is 12.4. The maximum Gasteiger partial charge on any atom is 0.258 e. The highest BCUT2D eigenvalue weighted by molar-refractivity contribution is 6.11. The van der Waals surface area contributed by atoms with Crippen LogP contribution in [0.25, 0.3) is 11.0 Å². The highest BCUT2D eigenvalue weighted by Crippen LogP contribution is 2.19. The van der Waals surface area contributed by atoms with Gasteiger partial charge in [0.15, 0.2) is 0 Å². The average Bonchev–Trinajstić information content (AvgIpc) is 2.78. The number of carbonyl (C=O) groups is 1. The van der Waals surface area contributed by atoms with Gasteiger partial charge in [-0.05, 0) is 26.0 Å². The van der Waals surface area contributed by atoms with E-state index in [4.69, 9.17) is 0 Å². The molecule has 0 radical (unpaired) electrons. The number of nitrogens with zero attached hydrogens (tertiary/aromatic N) is 3.